The van der Waals surface area contributed by atoms with Gasteiger partial charge in [-0.3, -0.25) is 5.10 Å². The highest BCUT2D eigenvalue weighted by Crippen LogP contribution is 2.25. The van der Waals surface area contributed by atoms with E-state index in [2.05, 4.69) is 15.2 Å². The number of nitrogens with one attached hydrogen (secondary N) is 1. The van der Waals surface area contributed by atoms with Crippen molar-refractivity contribution in [3.05, 3.63) is 24.2 Å². The minimum absolute atomic E-state index is 0.414. The average molecular weight is 196 g/mol. The van der Waals surface area contributed by atoms with E-state index in [0.29, 0.717) is 11.7 Å². The third-order valence-electron chi connectivity index (χ3n) is 1.43. The van der Waals surface area contributed by atoms with Gasteiger partial charge in [-0.25, -0.2) is 4.98 Å². The largest absolute Gasteiger partial charge is 0.453 e. The van der Waals surface area contributed by atoms with E-state index in [1.54, 1.807) is 0 Å². The summed E-state index contributed by atoms with van der Waals surface area (Å²) < 4.78 is 5.36. The predicted molar refractivity (Wildman–Crippen MR) is 47.1 cm³/mol. The number of hydrogen-bond donors (Lipinski definition) is 2. The van der Waals surface area contributed by atoms with E-state index >= 15 is 0 Å². The molecule has 0 amide bonds. The standard InChI is InChI=1S/C7H8N4OS/c8-3-5-1-2-6(12-5)13-7-9-4-10-11-7/h1-2,4H,3,8H2,(H,9,10,11). The zero-order valence-corrected chi connectivity index (χ0v) is 7.54. The van der Waals surface area contributed by atoms with Gasteiger partial charge in [0.15, 0.2) is 10.2 Å². The fourth-order valence-corrected chi connectivity index (χ4v) is 1.54. The van der Waals surface area contributed by atoms with Crippen LogP contribution in [0, 0.1) is 0 Å². The minimum Gasteiger partial charge on any atom is -0.453 e. The Bertz CT molecular complexity index is 370. The van der Waals surface area contributed by atoms with Crippen molar-refractivity contribution in [2.75, 3.05) is 0 Å². The molecule has 2 rings (SSSR count). The van der Waals surface area contributed by atoms with E-state index in [0.717, 1.165) is 10.9 Å². The van der Waals surface area contributed by atoms with Gasteiger partial charge in [0.25, 0.3) is 0 Å². The van der Waals surface area contributed by atoms with Gasteiger partial charge < -0.3 is 10.2 Å². The third-order valence-corrected chi connectivity index (χ3v) is 2.24. The Kier molecular flexibility index (Phi) is 2.33. The highest BCUT2D eigenvalue weighted by Gasteiger charge is 2.04. The molecule has 5 nitrogen and oxygen atoms in total. The summed E-state index contributed by atoms with van der Waals surface area (Å²) in [6.07, 6.45) is 1.45. The summed E-state index contributed by atoms with van der Waals surface area (Å²) in [5.74, 6) is 0.766. The maximum Gasteiger partial charge on any atom is 0.191 e. The number of rotatable bonds is 3. The highest BCUT2D eigenvalue weighted by molar-refractivity contribution is 7.99. The van der Waals surface area contributed by atoms with Crippen molar-refractivity contribution in [2.24, 2.45) is 5.73 Å². The maximum absolute atomic E-state index is 5.40. The van der Waals surface area contributed by atoms with Crippen LogP contribution in [0.25, 0.3) is 0 Å². The SMILES string of the molecule is NCc1ccc(Sc2ncn[nH]2)o1. The van der Waals surface area contributed by atoms with Crippen molar-refractivity contribution < 1.29 is 4.42 Å². The molecule has 2 aromatic rings. The van der Waals surface area contributed by atoms with Gasteiger partial charge in [-0.2, -0.15) is 5.10 Å². The lowest BCUT2D eigenvalue weighted by Gasteiger charge is -1.90. The van der Waals surface area contributed by atoms with E-state index in [1.165, 1.54) is 18.1 Å². The fraction of sp³-hybridized carbons (Fsp3) is 0.143. The second kappa shape index (κ2) is 3.63. The van der Waals surface area contributed by atoms with Crippen molar-refractivity contribution in [3.63, 3.8) is 0 Å². The number of nitrogens with two attached hydrogens (primary N) is 1. The average Bonchev–Trinajstić information content (AvgIpc) is 2.76. The molecule has 0 spiro atoms. The normalized spacial score (nSPS) is 10.5. The molecule has 0 bridgehead atoms. The van der Waals surface area contributed by atoms with Crippen molar-refractivity contribution in [3.8, 4) is 0 Å². The first kappa shape index (κ1) is 8.33. The molecule has 0 unspecified atom stereocenters. The van der Waals surface area contributed by atoms with Gasteiger partial charge in [0.2, 0.25) is 0 Å². The molecule has 2 heterocycles. The molecular weight excluding hydrogens is 188 g/mol. The zero-order valence-electron chi connectivity index (χ0n) is 6.73. The summed E-state index contributed by atoms with van der Waals surface area (Å²) in [5.41, 5.74) is 5.40. The molecule has 2 aromatic heterocycles. The highest BCUT2D eigenvalue weighted by atomic mass is 32.2. The van der Waals surface area contributed by atoms with Crippen LogP contribution in [0.3, 0.4) is 0 Å². The number of nitrogens with zero attached hydrogens (tertiary/aromatic N) is 2. The van der Waals surface area contributed by atoms with Gasteiger partial charge in [-0.1, -0.05) is 0 Å². The first-order valence-corrected chi connectivity index (χ1v) is 4.52. The van der Waals surface area contributed by atoms with E-state index in [4.69, 9.17) is 10.2 Å². The Morgan fingerprint density at radius 3 is 3.08 bits per heavy atom. The molecule has 0 atom stereocenters. The third kappa shape index (κ3) is 1.90. The van der Waals surface area contributed by atoms with Gasteiger partial charge in [0.1, 0.15) is 12.1 Å². The molecule has 0 aromatic carbocycles. The Balaban J connectivity index is 2.10. The molecule has 68 valence electrons. The van der Waals surface area contributed by atoms with Crippen LogP contribution in [-0.2, 0) is 6.54 Å². The van der Waals surface area contributed by atoms with Gasteiger partial charge in [-0.05, 0) is 23.9 Å². The number of aromatic nitrogens is 3. The number of furan rings is 1. The topological polar surface area (TPSA) is 80.7 Å². The van der Waals surface area contributed by atoms with E-state index in [9.17, 15) is 0 Å². The monoisotopic (exact) mass is 196 g/mol. The van der Waals surface area contributed by atoms with Crippen LogP contribution in [-0.4, -0.2) is 15.2 Å². The molecule has 3 N–H and O–H groups in total. The minimum atomic E-state index is 0.414. The lowest BCUT2D eigenvalue weighted by atomic mass is 10.5. The van der Waals surface area contributed by atoms with Crippen molar-refractivity contribution in [2.45, 2.75) is 16.8 Å². The van der Waals surface area contributed by atoms with Gasteiger partial charge in [0, 0.05) is 0 Å². The second-order valence-electron chi connectivity index (χ2n) is 2.32. The zero-order chi connectivity index (χ0) is 9.10. The summed E-state index contributed by atoms with van der Waals surface area (Å²) in [6.45, 7) is 0.414. The molecule has 0 radical (unpaired) electrons. The van der Waals surface area contributed by atoms with Gasteiger partial charge >= 0.3 is 0 Å². The van der Waals surface area contributed by atoms with E-state index in [1.807, 2.05) is 12.1 Å². The lowest BCUT2D eigenvalue weighted by molar-refractivity contribution is 0.433. The quantitative estimate of drug-likeness (QED) is 0.765. The van der Waals surface area contributed by atoms with Gasteiger partial charge in [0.05, 0.1) is 6.54 Å². The summed E-state index contributed by atoms with van der Waals surface area (Å²) in [7, 11) is 0. The van der Waals surface area contributed by atoms with Crippen LogP contribution in [0.4, 0.5) is 0 Å². The number of hydrogen-bond acceptors (Lipinski definition) is 5. The van der Waals surface area contributed by atoms with Crippen LogP contribution in [0.1, 0.15) is 5.76 Å². The lowest BCUT2D eigenvalue weighted by Crippen LogP contribution is -1.92. The first-order valence-electron chi connectivity index (χ1n) is 3.70. The number of aromatic amines is 1. The smallest absolute Gasteiger partial charge is 0.191 e. The molecule has 0 fully saturated rings. The number of H-pyrrole nitrogens is 1. The van der Waals surface area contributed by atoms with Crippen molar-refractivity contribution in [1.29, 1.82) is 0 Å². The summed E-state index contributed by atoms with van der Waals surface area (Å²) in [4.78, 5) is 3.95. The summed E-state index contributed by atoms with van der Waals surface area (Å²) in [6, 6.07) is 3.70. The van der Waals surface area contributed by atoms with Crippen molar-refractivity contribution in [1.82, 2.24) is 15.2 Å². The first-order chi connectivity index (χ1) is 6.38. The molecule has 0 aliphatic heterocycles. The van der Waals surface area contributed by atoms with Crippen LogP contribution in [0.2, 0.25) is 0 Å². The maximum atomic E-state index is 5.40. The van der Waals surface area contributed by atoms with E-state index < -0.39 is 0 Å². The summed E-state index contributed by atoms with van der Waals surface area (Å²) in [5, 5.41) is 7.91. The molecule has 0 saturated heterocycles. The Morgan fingerprint density at radius 2 is 2.46 bits per heavy atom. The van der Waals surface area contributed by atoms with E-state index in [-0.39, 0.29) is 0 Å². The Labute approximate surface area is 78.7 Å². The molecule has 0 aliphatic carbocycles. The van der Waals surface area contributed by atoms with Crippen LogP contribution >= 0.6 is 11.8 Å². The van der Waals surface area contributed by atoms with Crippen LogP contribution in [0.15, 0.2) is 33.1 Å². The molecule has 0 saturated carbocycles. The molecule has 0 aliphatic rings. The Hall–Kier alpha value is -1.27. The second-order valence-corrected chi connectivity index (χ2v) is 3.31. The van der Waals surface area contributed by atoms with Crippen LogP contribution in [0.5, 0.6) is 0 Å². The fourth-order valence-electron chi connectivity index (χ4n) is 0.862. The molecule has 13 heavy (non-hydrogen) atoms. The molecule has 6 heteroatoms. The molecular formula is C7H8N4OS. The van der Waals surface area contributed by atoms with Crippen LogP contribution < -0.4 is 5.73 Å². The Morgan fingerprint density at radius 1 is 1.54 bits per heavy atom. The van der Waals surface area contributed by atoms with Gasteiger partial charge in [-0.15, -0.1) is 0 Å². The predicted octanol–water partition coefficient (Wildman–Crippen LogP) is 1.01. The van der Waals surface area contributed by atoms with Crippen molar-refractivity contribution >= 4 is 11.8 Å². The summed E-state index contributed by atoms with van der Waals surface area (Å²) >= 11 is 1.38.